The van der Waals surface area contributed by atoms with Crippen molar-refractivity contribution in [3.8, 4) is 0 Å². The molecule has 4 rings (SSSR count). The van der Waals surface area contributed by atoms with Crippen molar-refractivity contribution in [2.45, 2.75) is 32.9 Å². The summed E-state index contributed by atoms with van der Waals surface area (Å²) in [6.07, 6.45) is 0.315. The van der Waals surface area contributed by atoms with Gasteiger partial charge in [-0.2, -0.15) is 0 Å². The summed E-state index contributed by atoms with van der Waals surface area (Å²) in [4.78, 5) is 43.2. The van der Waals surface area contributed by atoms with Crippen molar-refractivity contribution in [2.24, 2.45) is 0 Å². The van der Waals surface area contributed by atoms with Crippen LogP contribution in [0.3, 0.4) is 0 Å². The lowest BCUT2D eigenvalue weighted by atomic mass is 10.0. The van der Waals surface area contributed by atoms with Crippen LogP contribution in [0.25, 0.3) is 11.0 Å². The molecular weight excluding hydrogens is 428 g/mol. The molecule has 0 aliphatic heterocycles. The van der Waals surface area contributed by atoms with Gasteiger partial charge in [-0.15, -0.1) is 0 Å². The molecule has 0 spiro atoms. The summed E-state index contributed by atoms with van der Waals surface area (Å²) in [6.45, 7) is 3.37. The number of amides is 2. The maximum absolute atomic E-state index is 13.1. The molecule has 34 heavy (non-hydrogen) atoms. The lowest BCUT2D eigenvalue weighted by molar-refractivity contribution is -0.126. The summed E-state index contributed by atoms with van der Waals surface area (Å²) in [5.74, 6) is -0.762. The van der Waals surface area contributed by atoms with Gasteiger partial charge in [-0.25, -0.2) is 4.98 Å². The summed E-state index contributed by atoms with van der Waals surface area (Å²) in [5, 5.41) is 5.70. The van der Waals surface area contributed by atoms with Crippen molar-refractivity contribution in [3.05, 3.63) is 106 Å². The number of rotatable bonds is 7. The number of nitrogens with one attached hydrogen (secondary N) is 2. The highest BCUT2D eigenvalue weighted by Gasteiger charge is 2.22. The van der Waals surface area contributed by atoms with Crippen molar-refractivity contribution in [3.63, 3.8) is 0 Å². The number of benzene rings is 3. The lowest BCUT2D eigenvalue weighted by Gasteiger charge is -2.20. The van der Waals surface area contributed by atoms with Crippen LogP contribution in [-0.2, 0) is 22.6 Å². The number of anilines is 1. The van der Waals surface area contributed by atoms with E-state index in [0.29, 0.717) is 28.8 Å². The number of nitrogens with zero attached hydrogens (tertiary/aromatic N) is 2. The van der Waals surface area contributed by atoms with Crippen LogP contribution in [0.1, 0.15) is 16.8 Å². The van der Waals surface area contributed by atoms with E-state index in [2.05, 4.69) is 15.6 Å². The average Bonchev–Trinajstić information content (AvgIpc) is 2.83. The first-order chi connectivity index (χ1) is 16.4. The van der Waals surface area contributed by atoms with Gasteiger partial charge in [-0.05, 0) is 43.7 Å². The fourth-order valence-electron chi connectivity index (χ4n) is 3.79. The van der Waals surface area contributed by atoms with Crippen LogP contribution in [0, 0.1) is 13.8 Å². The van der Waals surface area contributed by atoms with Crippen molar-refractivity contribution in [2.75, 3.05) is 5.32 Å². The van der Waals surface area contributed by atoms with Gasteiger partial charge in [-0.3, -0.25) is 19.0 Å². The van der Waals surface area contributed by atoms with E-state index in [-0.39, 0.29) is 18.0 Å². The van der Waals surface area contributed by atoms with Crippen LogP contribution < -0.4 is 16.2 Å². The molecule has 0 saturated heterocycles. The molecule has 1 atom stereocenters. The third-order valence-corrected chi connectivity index (χ3v) is 5.57. The molecule has 0 fully saturated rings. The Hall–Kier alpha value is -4.26. The Balaban J connectivity index is 1.57. The Morgan fingerprint density at radius 3 is 2.32 bits per heavy atom. The van der Waals surface area contributed by atoms with Crippen molar-refractivity contribution >= 4 is 28.5 Å². The van der Waals surface area contributed by atoms with Gasteiger partial charge in [0.1, 0.15) is 18.3 Å². The molecule has 0 bridgehead atoms. The molecule has 7 heteroatoms. The van der Waals surface area contributed by atoms with E-state index in [1.165, 1.54) is 4.57 Å². The highest BCUT2D eigenvalue weighted by molar-refractivity contribution is 5.97. The third kappa shape index (κ3) is 5.38. The van der Waals surface area contributed by atoms with Gasteiger partial charge in [-0.1, -0.05) is 60.2 Å². The van der Waals surface area contributed by atoms with Crippen molar-refractivity contribution in [1.82, 2.24) is 14.9 Å². The van der Waals surface area contributed by atoms with Crippen LogP contribution >= 0.6 is 0 Å². The van der Waals surface area contributed by atoms with Gasteiger partial charge < -0.3 is 10.6 Å². The van der Waals surface area contributed by atoms with E-state index in [1.54, 1.807) is 25.1 Å². The van der Waals surface area contributed by atoms with Crippen molar-refractivity contribution in [1.29, 1.82) is 0 Å². The molecular formula is C27H26N4O3. The second kappa shape index (κ2) is 10.1. The molecule has 3 aromatic carbocycles. The van der Waals surface area contributed by atoms with Crippen LogP contribution in [0.15, 0.2) is 83.7 Å². The highest BCUT2D eigenvalue weighted by Crippen LogP contribution is 2.12. The van der Waals surface area contributed by atoms with Gasteiger partial charge in [0, 0.05) is 12.1 Å². The minimum absolute atomic E-state index is 0.216. The normalized spacial score (nSPS) is 11.7. The predicted octanol–water partition coefficient (Wildman–Crippen LogP) is 3.38. The lowest BCUT2D eigenvalue weighted by Crippen LogP contribution is -2.47. The van der Waals surface area contributed by atoms with E-state index < -0.39 is 11.9 Å². The molecule has 7 nitrogen and oxygen atoms in total. The molecule has 4 aromatic rings. The largest absolute Gasteiger partial charge is 0.342 e. The molecule has 0 aliphatic carbocycles. The minimum atomic E-state index is -0.818. The third-order valence-electron chi connectivity index (χ3n) is 5.57. The number of carbonyl (C=O) groups excluding carboxylic acids is 2. The Kier molecular flexibility index (Phi) is 6.82. The first-order valence-electron chi connectivity index (χ1n) is 11.1. The number of aryl methyl sites for hydroxylation is 2. The average molecular weight is 455 g/mol. The summed E-state index contributed by atoms with van der Waals surface area (Å²) >= 11 is 0. The number of carbonyl (C=O) groups is 2. The Labute approximate surface area is 197 Å². The van der Waals surface area contributed by atoms with Gasteiger partial charge >= 0.3 is 0 Å². The highest BCUT2D eigenvalue weighted by atomic mass is 16.2. The van der Waals surface area contributed by atoms with E-state index in [4.69, 9.17) is 0 Å². The topological polar surface area (TPSA) is 93.1 Å². The van der Waals surface area contributed by atoms with Gasteiger partial charge in [0.2, 0.25) is 11.8 Å². The zero-order valence-corrected chi connectivity index (χ0v) is 19.1. The van der Waals surface area contributed by atoms with Gasteiger partial charge in [0.05, 0.1) is 11.0 Å². The minimum Gasteiger partial charge on any atom is -0.342 e. The molecule has 1 heterocycles. The smallest absolute Gasteiger partial charge is 0.272 e. The fourth-order valence-corrected chi connectivity index (χ4v) is 3.79. The maximum Gasteiger partial charge on any atom is 0.272 e. The van der Waals surface area contributed by atoms with Crippen molar-refractivity contribution < 1.29 is 9.59 Å². The van der Waals surface area contributed by atoms with Crippen LogP contribution in [-0.4, -0.2) is 27.4 Å². The molecule has 0 aliphatic rings. The van der Waals surface area contributed by atoms with E-state index in [0.717, 1.165) is 11.1 Å². The monoisotopic (exact) mass is 454 g/mol. The first kappa shape index (κ1) is 22.9. The van der Waals surface area contributed by atoms with Crippen LogP contribution in [0.2, 0.25) is 0 Å². The number of para-hydroxylation sites is 2. The molecule has 2 N–H and O–H groups in total. The standard InChI is InChI=1S/C27H26N4O3/c1-18-12-14-21(15-13-18)29-26(33)23(16-20-8-4-3-5-9-20)30-25(32)17-31-24-11-7-6-10-22(24)28-19(2)27(31)34/h3-15,23H,16-17H2,1-2H3,(H,29,33)(H,30,32)/t23-/m0/s1. The maximum atomic E-state index is 13.1. The second-order valence-electron chi connectivity index (χ2n) is 8.24. The number of hydrogen-bond donors (Lipinski definition) is 2. The molecule has 172 valence electrons. The quantitative estimate of drug-likeness (QED) is 0.448. The predicted molar refractivity (Wildman–Crippen MR) is 133 cm³/mol. The van der Waals surface area contributed by atoms with E-state index >= 15 is 0 Å². The molecule has 0 radical (unpaired) electrons. The van der Waals surface area contributed by atoms with E-state index in [1.807, 2.05) is 67.6 Å². The zero-order valence-electron chi connectivity index (χ0n) is 19.1. The Morgan fingerprint density at radius 1 is 0.912 bits per heavy atom. The van der Waals surface area contributed by atoms with Gasteiger partial charge in [0.15, 0.2) is 0 Å². The second-order valence-corrected chi connectivity index (χ2v) is 8.24. The van der Waals surface area contributed by atoms with Gasteiger partial charge in [0.25, 0.3) is 5.56 Å². The Bertz CT molecular complexity index is 1380. The Morgan fingerprint density at radius 2 is 1.59 bits per heavy atom. The number of hydrogen-bond acceptors (Lipinski definition) is 4. The van der Waals surface area contributed by atoms with E-state index in [9.17, 15) is 14.4 Å². The summed E-state index contributed by atoms with van der Waals surface area (Å²) in [7, 11) is 0. The summed E-state index contributed by atoms with van der Waals surface area (Å²) in [5.41, 5.74) is 3.81. The number of fused-ring (bicyclic) bond motifs is 1. The molecule has 0 unspecified atom stereocenters. The fraction of sp³-hybridized carbons (Fsp3) is 0.185. The molecule has 0 saturated carbocycles. The summed E-state index contributed by atoms with van der Waals surface area (Å²) in [6, 6.07) is 23.3. The molecule has 1 aromatic heterocycles. The SMILES string of the molecule is Cc1ccc(NC(=O)[C@H](Cc2ccccc2)NC(=O)Cn2c(=O)c(C)nc3ccccc32)cc1. The van der Waals surface area contributed by atoms with Crippen LogP contribution in [0.4, 0.5) is 5.69 Å². The number of aromatic nitrogens is 2. The summed E-state index contributed by atoms with van der Waals surface area (Å²) < 4.78 is 1.39. The first-order valence-corrected chi connectivity index (χ1v) is 11.1. The molecule has 2 amide bonds. The van der Waals surface area contributed by atoms with Crippen LogP contribution in [0.5, 0.6) is 0 Å². The zero-order chi connectivity index (χ0) is 24.1.